The maximum absolute atomic E-state index is 4.87. The summed E-state index contributed by atoms with van der Waals surface area (Å²) in [6.07, 6.45) is 3.82. The van der Waals surface area contributed by atoms with Gasteiger partial charge in [0, 0.05) is 45.4 Å². The normalized spacial score (nSPS) is 11.6. The standard InChI is InChI=1S/C43H29N3/c1-28-14-22-41(44-26-28)33-18-23-40(45-27-33)32-17-20-38-39-21-16-31-24-30(36-13-7-9-29-8-5-6-12-35(29)36)15-19-37(31)43(39)46(42(38)25-32)34-10-3-2-4-11-34/h2-27H,1H3. The van der Waals surface area contributed by atoms with Gasteiger partial charge in [0.15, 0.2) is 0 Å². The summed E-state index contributed by atoms with van der Waals surface area (Å²) < 4.78 is 2.42. The molecule has 9 rings (SSSR count). The zero-order valence-electron chi connectivity index (χ0n) is 25.4. The summed E-state index contributed by atoms with van der Waals surface area (Å²) in [5, 5.41) is 7.45. The minimum absolute atomic E-state index is 0.930. The van der Waals surface area contributed by atoms with E-state index in [4.69, 9.17) is 4.98 Å². The second-order valence-electron chi connectivity index (χ2n) is 12.0. The molecule has 9 aromatic rings. The van der Waals surface area contributed by atoms with Crippen molar-refractivity contribution in [2.45, 2.75) is 6.92 Å². The molecule has 0 aliphatic rings. The van der Waals surface area contributed by atoms with Crippen LogP contribution in [-0.2, 0) is 0 Å². The Morgan fingerprint density at radius 1 is 0.457 bits per heavy atom. The summed E-state index contributed by atoms with van der Waals surface area (Å²) in [6, 6.07) is 52.4. The van der Waals surface area contributed by atoms with Crippen molar-refractivity contribution in [2.24, 2.45) is 0 Å². The molecule has 0 aliphatic carbocycles. The number of aryl methyl sites for hydroxylation is 1. The van der Waals surface area contributed by atoms with Crippen LogP contribution in [0, 0.1) is 6.92 Å². The number of para-hydroxylation sites is 1. The Hall–Kier alpha value is -6.06. The molecule has 216 valence electrons. The smallest absolute Gasteiger partial charge is 0.0717 e. The quantitative estimate of drug-likeness (QED) is 0.205. The van der Waals surface area contributed by atoms with Gasteiger partial charge in [-0.2, -0.15) is 0 Å². The van der Waals surface area contributed by atoms with Gasteiger partial charge in [-0.25, -0.2) is 0 Å². The highest BCUT2D eigenvalue weighted by Crippen LogP contribution is 2.40. The maximum Gasteiger partial charge on any atom is 0.0717 e. The molecule has 3 heteroatoms. The van der Waals surface area contributed by atoms with Crippen LogP contribution in [0.15, 0.2) is 158 Å². The van der Waals surface area contributed by atoms with E-state index < -0.39 is 0 Å². The number of hydrogen-bond donors (Lipinski definition) is 0. The number of pyridine rings is 2. The average molecular weight is 588 g/mol. The highest BCUT2D eigenvalue weighted by molar-refractivity contribution is 6.19. The zero-order valence-corrected chi connectivity index (χ0v) is 25.4. The van der Waals surface area contributed by atoms with Gasteiger partial charge in [-0.1, -0.05) is 103 Å². The number of benzene rings is 6. The average Bonchev–Trinajstić information content (AvgIpc) is 3.46. The van der Waals surface area contributed by atoms with Crippen LogP contribution in [0.5, 0.6) is 0 Å². The lowest BCUT2D eigenvalue weighted by atomic mass is 9.95. The molecule has 0 radical (unpaired) electrons. The lowest BCUT2D eigenvalue weighted by Crippen LogP contribution is -1.95. The zero-order chi connectivity index (χ0) is 30.6. The summed E-state index contributed by atoms with van der Waals surface area (Å²) >= 11 is 0. The van der Waals surface area contributed by atoms with E-state index in [9.17, 15) is 0 Å². The van der Waals surface area contributed by atoms with E-state index in [-0.39, 0.29) is 0 Å². The number of fused-ring (bicyclic) bond motifs is 6. The SMILES string of the molecule is Cc1ccc(-c2ccc(-c3ccc4c5ccc6cc(-c7cccc8ccccc78)ccc6c5n(-c5ccccc5)c4c3)nc2)nc1. The molecule has 0 unspecified atom stereocenters. The van der Waals surface area contributed by atoms with Crippen molar-refractivity contribution in [3.05, 3.63) is 164 Å². The third-order valence-corrected chi connectivity index (χ3v) is 9.13. The molecular formula is C43H29N3. The lowest BCUT2D eigenvalue weighted by molar-refractivity contribution is 1.19. The maximum atomic E-state index is 4.87. The van der Waals surface area contributed by atoms with Crippen LogP contribution in [0.25, 0.3) is 82.7 Å². The summed E-state index contributed by atoms with van der Waals surface area (Å²) in [6.45, 7) is 2.05. The minimum atomic E-state index is 0.930. The van der Waals surface area contributed by atoms with E-state index >= 15 is 0 Å². The predicted octanol–water partition coefficient (Wildman–Crippen LogP) is 11.2. The second kappa shape index (κ2) is 10.5. The van der Waals surface area contributed by atoms with Gasteiger partial charge >= 0.3 is 0 Å². The van der Waals surface area contributed by atoms with Crippen LogP contribution in [0.3, 0.4) is 0 Å². The molecule has 0 bridgehead atoms. The molecule has 0 fully saturated rings. The van der Waals surface area contributed by atoms with Gasteiger partial charge in [0.05, 0.1) is 22.4 Å². The molecule has 3 heterocycles. The van der Waals surface area contributed by atoms with Crippen LogP contribution < -0.4 is 0 Å². The molecule has 46 heavy (non-hydrogen) atoms. The number of nitrogens with zero attached hydrogens (tertiary/aromatic N) is 3. The molecule has 0 amide bonds. The van der Waals surface area contributed by atoms with Crippen molar-refractivity contribution in [3.8, 4) is 39.3 Å². The first-order chi connectivity index (χ1) is 22.7. The van der Waals surface area contributed by atoms with Crippen LogP contribution in [-0.4, -0.2) is 14.5 Å². The third-order valence-electron chi connectivity index (χ3n) is 9.13. The first kappa shape index (κ1) is 26.4. The highest BCUT2D eigenvalue weighted by atomic mass is 15.0. The van der Waals surface area contributed by atoms with Gasteiger partial charge in [0.25, 0.3) is 0 Å². The van der Waals surface area contributed by atoms with Gasteiger partial charge in [-0.15, -0.1) is 0 Å². The highest BCUT2D eigenvalue weighted by Gasteiger charge is 2.17. The van der Waals surface area contributed by atoms with E-state index in [0.717, 1.165) is 39.3 Å². The van der Waals surface area contributed by atoms with Gasteiger partial charge in [-0.3, -0.25) is 9.97 Å². The van der Waals surface area contributed by atoms with Gasteiger partial charge in [0.2, 0.25) is 0 Å². The van der Waals surface area contributed by atoms with Crippen LogP contribution in [0.1, 0.15) is 5.56 Å². The Balaban J connectivity index is 1.23. The molecule has 0 atom stereocenters. The van der Waals surface area contributed by atoms with Crippen molar-refractivity contribution < 1.29 is 0 Å². The van der Waals surface area contributed by atoms with Crippen molar-refractivity contribution in [1.29, 1.82) is 0 Å². The fourth-order valence-electron chi connectivity index (χ4n) is 6.84. The monoisotopic (exact) mass is 587 g/mol. The fourth-order valence-corrected chi connectivity index (χ4v) is 6.84. The molecule has 3 aromatic heterocycles. The molecular weight excluding hydrogens is 558 g/mol. The summed E-state index contributed by atoms with van der Waals surface area (Å²) in [5.41, 5.74) is 11.1. The first-order valence-corrected chi connectivity index (χ1v) is 15.7. The number of hydrogen-bond acceptors (Lipinski definition) is 2. The largest absolute Gasteiger partial charge is 0.309 e. The molecule has 0 spiro atoms. The van der Waals surface area contributed by atoms with E-state index in [0.29, 0.717) is 0 Å². The molecule has 0 aliphatic heterocycles. The minimum Gasteiger partial charge on any atom is -0.309 e. The van der Waals surface area contributed by atoms with Gasteiger partial charge < -0.3 is 4.57 Å². The van der Waals surface area contributed by atoms with Crippen LogP contribution in [0.2, 0.25) is 0 Å². The van der Waals surface area contributed by atoms with Crippen LogP contribution >= 0.6 is 0 Å². The van der Waals surface area contributed by atoms with E-state index in [1.54, 1.807) is 0 Å². The van der Waals surface area contributed by atoms with Crippen molar-refractivity contribution >= 4 is 43.4 Å². The Bertz CT molecular complexity index is 2560. The summed E-state index contributed by atoms with van der Waals surface area (Å²) in [5.74, 6) is 0. The van der Waals surface area contributed by atoms with Gasteiger partial charge in [-0.05, 0) is 82.2 Å². The Kier molecular flexibility index (Phi) is 6.04. The van der Waals surface area contributed by atoms with E-state index in [2.05, 4.69) is 156 Å². The molecule has 0 saturated carbocycles. The predicted molar refractivity (Wildman–Crippen MR) is 192 cm³/mol. The molecule has 3 nitrogen and oxygen atoms in total. The Morgan fingerprint density at radius 2 is 1.17 bits per heavy atom. The van der Waals surface area contributed by atoms with Crippen molar-refractivity contribution in [2.75, 3.05) is 0 Å². The Morgan fingerprint density at radius 3 is 2.02 bits per heavy atom. The van der Waals surface area contributed by atoms with Crippen LogP contribution in [0.4, 0.5) is 0 Å². The molecule has 0 N–H and O–H groups in total. The summed E-state index contributed by atoms with van der Waals surface area (Å²) in [4.78, 5) is 9.45. The number of rotatable bonds is 4. The van der Waals surface area contributed by atoms with Crippen molar-refractivity contribution in [3.63, 3.8) is 0 Å². The topological polar surface area (TPSA) is 30.7 Å². The molecule has 6 aromatic carbocycles. The van der Waals surface area contributed by atoms with Crippen molar-refractivity contribution in [1.82, 2.24) is 14.5 Å². The third kappa shape index (κ3) is 4.28. The first-order valence-electron chi connectivity index (χ1n) is 15.7. The second-order valence-corrected chi connectivity index (χ2v) is 12.0. The molecule has 0 saturated heterocycles. The van der Waals surface area contributed by atoms with E-state index in [1.807, 2.05) is 18.5 Å². The van der Waals surface area contributed by atoms with E-state index in [1.165, 1.54) is 49.0 Å². The Labute approximate surface area is 267 Å². The van der Waals surface area contributed by atoms with Gasteiger partial charge in [0.1, 0.15) is 0 Å². The fraction of sp³-hybridized carbons (Fsp3) is 0.0233. The number of aromatic nitrogens is 3. The summed E-state index contributed by atoms with van der Waals surface area (Å²) in [7, 11) is 0. The lowest BCUT2D eigenvalue weighted by Gasteiger charge is -2.12.